The molecule has 218 valence electrons. The molecule has 2 atom stereocenters. The Kier molecular flexibility index (Phi) is 9.87. The first-order valence-electron chi connectivity index (χ1n) is 14.6. The van der Waals surface area contributed by atoms with E-state index in [0.29, 0.717) is 13.0 Å². The van der Waals surface area contributed by atoms with Gasteiger partial charge in [-0.05, 0) is 60.9 Å². The maximum Gasteiger partial charge on any atom is 0.409 e. The molecule has 0 unspecified atom stereocenters. The third-order valence-electron chi connectivity index (χ3n) is 7.32. The molecule has 0 spiro atoms. The molecule has 1 aliphatic rings. The summed E-state index contributed by atoms with van der Waals surface area (Å²) < 4.78 is 11.5. The van der Waals surface area contributed by atoms with Gasteiger partial charge in [0.15, 0.2) is 0 Å². The zero-order chi connectivity index (χ0) is 29.6. The predicted octanol–water partition coefficient (Wildman–Crippen LogP) is 6.85. The molecule has 1 N–H and O–H groups in total. The van der Waals surface area contributed by atoms with Crippen molar-refractivity contribution in [3.63, 3.8) is 0 Å². The highest BCUT2D eigenvalue weighted by atomic mass is 16.6. The molecular weight excluding hydrogens is 514 g/mol. The third-order valence-corrected chi connectivity index (χ3v) is 7.32. The van der Waals surface area contributed by atoms with Gasteiger partial charge in [0.2, 0.25) is 0 Å². The van der Waals surface area contributed by atoms with Crippen LogP contribution >= 0.6 is 0 Å². The van der Waals surface area contributed by atoms with Gasteiger partial charge in [0, 0.05) is 18.4 Å². The molecule has 6 nitrogen and oxygen atoms in total. The van der Waals surface area contributed by atoms with Crippen molar-refractivity contribution in [3.05, 3.63) is 95.6 Å². The molecule has 0 aromatic heterocycles. The lowest BCUT2D eigenvalue weighted by Gasteiger charge is -2.31. The van der Waals surface area contributed by atoms with Gasteiger partial charge >= 0.3 is 12.1 Å². The van der Waals surface area contributed by atoms with E-state index in [9.17, 15) is 14.7 Å². The first-order valence-corrected chi connectivity index (χ1v) is 14.6. The van der Waals surface area contributed by atoms with Crippen LogP contribution in [0.15, 0.2) is 78.9 Å². The second kappa shape index (κ2) is 13.3. The van der Waals surface area contributed by atoms with Gasteiger partial charge in [-0.1, -0.05) is 92.7 Å². The summed E-state index contributed by atoms with van der Waals surface area (Å²) >= 11 is 0. The number of benzene rings is 3. The molecule has 0 fully saturated rings. The molecule has 1 aliphatic carbocycles. The first-order chi connectivity index (χ1) is 19.5. The normalized spacial score (nSPS) is 14.2. The van der Waals surface area contributed by atoms with Crippen molar-refractivity contribution < 1.29 is 24.2 Å². The number of esters is 1. The Morgan fingerprint density at radius 1 is 0.854 bits per heavy atom. The summed E-state index contributed by atoms with van der Waals surface area (Å²) in [6.07, 6.45) is -0.869. The zero-order valence-electron chi connectivity index (χ0n) is 24.9. The Morgan fingerprint density at radius 3 is 1.98 bits per heavy atom. The van der Waals surface area contributed by atoms with Crippen LogP contribution < -0.4 is 0 Å². The maximum atomic E-state index is 13.5. The van der Waals surface area contributed by atoms with Gasteiger partial charge in [0.25, 0.3) is 0 Å². The number of rotatable bonds is 11. The smallest absolute Gasteiger partial charge is 0.409 e. The van der Waals surface area contributed by atoms with Crippen molar-refractivity contribution in [2.24, 2.45) is 11.8 Å². The van der Waals surface area contributed by atoms with Crippen LogP contribution in [0.1, 0.15) is 63.6 Å². The largest absolute Gasteiger partial charge is 0.460 e. The highest BCUT2D eigenvalue weighted by molar-refractivity contribution is 5.79. The lowest BCUT2D eigenvalue weighted by atomic mass is 9.90. The molecule has 0 saturated heterocycles. The van der Waals surface area contributed by atoms with E-state index in [-0.39, 0.29) is 37.4 Å². The fraction of sp³-hybridized carbons (Fsp3) is 0.429. The molecule has 41 heavy (non-hydrogen) atoms. The van der Waals surface area contributed by atoms with Crippen molar-refractivity contribution in [3.8, 4) is 11.1 Å². The van der Waals surface area contributed by atoms with Gasteiger partial charge in [-0.3, -0.25) is 4.79 Å². The van der Waals surface area contributed by atoms with Crippen LogP contribution in [-0.4, -0.2) is 53.5 Å². The Labute approximate surface area is 244 Å². The summed E-state index contributed by atoms with van der Waals surface area (Å²) in [7, 11) is 0. The van der Waals surface area contributed by atoms with Gasteiger partial charge in [-0.25, -0.2) is 4.79 Å². The fourth-order valence-electron chi connectivity index (χ4n) is 5.58. The van der Waals surface area contributed by atoms with E-state index in [2.05, 4.69) is 24.3 Å². The third kappa shape index (κ3) is 8.20. The number of aliphatic hydroxyl groups is 1. The lowest BCUT2D eigenvalue weighted by Crippen LogP contribution is -2.44. The number of carbonyl (C=O) groups excluding carboxylic acids is 2. The van der Waals surface area contributed by atoms with Gasteiger partial charge in [-0.2, -0.15) is 0 Å². The van der Waals surface area contributed by atoms with Crippen molar-refractivity contribution in [2.75, 3.05) is 19.7 Å². The number of nitrogens with zero attached hydrogens (tertiary/aromatic N) is 1. The number of ether oxygens (including phenoxy) is 2. The molecule has 3 aromatic rings. The molecule has 0 bridgehead atoms. The molecule has 3 aromatic carbocycles. The zero-order valence-corrected chi connectivity index (χ0v) is 24.9. The van der Waals surface area contributed by atoms with Gasteiger partial charge in [0.1, 0.15) is 12.2 Å². The monoisotopic (exact) mass is 557 g/mol. The van der Waals surface area contributed by atoms with Crippen LogP contribution in [-0.2, 0) is 20.7 Å². The molecule has 0 heterocycles. The van der Waals surface area contributed by atoms with Gasteiger partial charge in [0.05, 0.1) is 19.1 Å². The SMILES string of the molecule is CC(C)CN(C[C@@H](O)[C@@H](CC(=O)OC(C)(C)C)Cc1ccccc1)C(=O)OCC1c2ccccc2-c2ccccc21. The Balaban J connectivity index is 1.48. The van der Waals surface area contributed by atoms with Gasteiger partial charge in [-0.15, -0.1) is 0 Å². The number of hydrogen-bond donors (Lipinski definition) is 1. The standard InChI is InChI=1S/C35H43NO5/c1-24(2)21-36(22-32(37)26(19-25-13-7-6-8-14-25)20-33(38)41-35(3,4)5)34(39)40-23-31-29-17-11-9-15-27(29)28-16-10-12-18-30(28)31/h6-18,24,26,31-32,37H,19-23H2,1-5H3/t26-,32-/m1/s1. The average molecular weight is 558 g/mol. The molecule has 6 heteroatoms. The van der Waals surface area contributed by atoms with Crippen molar-refractivity contribution in [1.82, 2.24) is 4.90 Å². The molecular formula is C35H43NO5. The molecule has 1 amide bonds. The van der Waals surface area contributed by atoms with E-state index >= 15 is 0 Å². The highest BCUT2D eigenvalue weighted by Crippen LogP contribution is 2.44. The minimum atomic E-state index is -0.943. The summed E-state index contributed by atoms with van der Waals surface area (Å²) in [5, 5.41) is 11.4. The van der Waals surface area contributed by atoms with E-state index in [1.807, 2.05) is 89.2 Å². The second-order valence-corrected chi connectivity index (χ2v) is 12.4. The van der Waals surface area contributed by atoms with Crippen molar-refractivity contribution in [2.45, 2.75) is 65.1 Å². The number of carbonyl (C=O) groups is 2. The number of aliphatic hydroxyl groups excluding tert-OH is 1. The summed E-state index contributed by atoms with van der Waals surface area (Å²) in [4.78, 5) is 27.8. The van der Waals surface area contributed by atoms with Crippen LogP contribution in [0.5, 0.6) is 0 Å². The van der Waals surface area contributed by atoms with Crippen LogP contribution in [0.25, 0.3) is 11.1 Å². The van der Waals surface area contributed by atoms with Crippen LogP contribution in [0, 0.1) is 11.8 Å². The predicted molar refractivity (Wildman–Crippen MR) is 162 cm³/mol. The van der Waals surface area contributed by atoms with E-state index in [1.165, 1.54) is 11.1 Å². The second-order valence-electron chi connectivity index (χ2n) is 12.4. The Morgan fingerprint density at radius 2 is 1.41 bits per heavy atom. The Bertz CT molecular complexity index is 1270. The lowest BCUT2D eigenvalue weighted by molar-refractivity contribution is -0.157. The van der Waals surface area contributed by atoms with Gasteiger partial charge < -0.3 is 19.5 Å². The quantitative estimate of drug-likeness (QED) is 0.261. The Hall–Kier alpha value is -3.64. The summed E-state index contributed by atoms with van der Waals surface area (Å²) in [6, 6.07) is 26.2. The highest BCUT2D eigenvalue weighted by Gasteiger charge is 2.32. The summed E-state index contributed by atoms with van der Waals surface area (Å²) in [5.74, 6) is -0.673. The molecule has 4 rings (SSSR count). The van der Waals surface area contributed by atoms with Crippen molar-refractivity contribution in [1.29, 1.82) is 0 Å². The number of amides is 1. The van der Waals surface area contributed by atoms with E-state index in [4.69, 9.17) is 9.47 Å². The molecule has 0 radical (unpaired) electrons. The first kappa shape index (κ1) is 30.3. The van der Waals surface area contributed by atoms with Crippen molar-refractivity contribution >= 4 is 12.1 Å². The number of hydrogen-bond acceptors (Lipinski definition) is 5. The van der Waals surface area contributed by atoms with E-state index in [1.54, 1.807) is 4.90 Å². The van der Waals surface area contributed by atoms with E-state index in [0.717, 1.165) is 16.7 Å². The topological polar surface area (TPSA) is 76.1 Å². The van der Waals surface area contributed by atoms with E-state index < -0.39 is 23.7 Å². The summed E-state index contributed by atoms with van der Waals surface area (Å²) in [6.45, 7) is 10.2. The average Bonchev–Trinajstić information content (AvgIpc) is 3.24. The minimum absolute atomic E-state index is 0.0461. The van der Waals surface area contributed by atoms with Crippen LogP contribution in [0.3, 0.4) is 0 Å². The fourth-order valence-corrected chi connectivity index (χ4v) is 5.58. The molecule has 0 aliphatic heterocycles. The summed E-state index contributed by atoms with van der Waals surface area (Å²) in [5.41, 5.74) is 5.03. The molecule has 0 saturated carbocycles. The van der Waals surface area contributed by atoms with Crippen LogP contribution in [0.4, 0.5) is 4.79 Å². The minimum Gasteiger partial charge on any atom is -0.460 e. The number of fused-ring (bicyclic) bond motifs is 3. The van der Waals surface area contributed by atoms with Crippen LogP contribution in [0.2, 0.25) is 0 Å². The maximum absolute atomic E-state index is 13.5.